The van der Waals surface area contributed by atoms with E-state index in [0.29, 0.717) is 40.7 Å². The lowest BCUT2D eigenvalue weighted by molar-refractivity contribution is -0.122. The Bertz CT molecular complexity index is 1840. The summed E-state index contributed by atoms with van der Waals surface area (Å²) in [6.07, 6.45) is 2.50. The Morgan fingerprint density at radius 3 is 2.04 bits per heavy atom. The topological polar surface area (TPSA) is 94.9 Å². The van der Waals surface area contributed by atoms with Gasteiger partial charge < -0.3 is 24.4 Å². The number of aromatic nitrogens is 2. The summed E-state index contributed by atoms with van der Waals surface area (Å²) in [5, 5.41) is 7.73. The number of aryl methyl sites for hydroxylation is 1. The predicted molar refractivity (Wildman–Crippen MR) is 184 cm³/mol. The second-order valence-corrected chi connectivity index (χ2v) is 11.1. The average Bonchev–Trinajstić information content (AvgIpc) is 3.40. The van der Waals surface area contributed by atoms with Gasteiger partial charge in [0.2, 0.25) is 11.8 Å². The molecule has 0 spiro atoms. The van der Waals surface area contributed by atoms with Crippen molar-refractivity contribution in [3.63, 3.8) is 0 Å². The number of para-hydroxylation sites is 2. The molecule has 0 aliphatic rings. The first-order valence-electron chi connectivity index (χ1n) is 15.2. The number of methoxy groups -OCH3 is 2. The van der Waals surface area contributed by atoms with Crippen molar-refractivity contribution in [1.82, 2.24) is 14.7 Å². The highest BCUT2D eigenvalue weighted by molar-refractivity contribution is 6.24. The molecule has 0 unspecified atom stereocenters. The van der Waals surface area contributed by atoms with Crippen molar-refractivity contribution < 1.29 is 23.8 Å². The zero-order chi connectivity index (χ0) is 33.3. The Kier molecular flexibility index (Phi) is 10.4. The van der Waals surface area contributed by atoms with Crippen molar-refractivity contribution in [2.75, 3.05) is 33.6 Å². The molecule has 0 bridgehead atoms. The van der Waals surface area contributed by atoms with Gasteiger partial charge in [-0.3, -0.25) is 9.59 Å². The van der Waals surface area contributed by atoms with E-state index in [1.165, 1.54) is 4.90 Å². The number of anilines is 1. The molecule has 0 aliphatic heterocycles. The minimum Gasteiger partial charge on any atom is -0.497 e. The molecule has 5 aromatic rings. The monoisotopic (exact) mass is 630 g/mol. The number of carbonyl (C=O) groups is 2. The van der Waals surface area contributed by atoms with E-state index in [1.54, 1.807) is 39.1 Å². The Morgan fingerprint density at radius 2 is 1.45 bits per heavy atom. The fourth-order valence-corrected chi connectivity index (χ4v) is 5.06. The fraction of sp³-hybridized carbons (Fsp3) is 0.184. The molecule has 0 fully saturated rings. The highest BCUT2D eigenvalue weighted by Gasteiger charge is 2.21. The second-order valence-electron chi connectivity index (χ2n) is 11.1. The quantitative estimate of drug-likeness (QED) is 0.116. The lowest BCUT2D eigenvalue weighted by atomic mass is 10.0. The van der Waals surface area contributed by atoms with Crippen LogP contribution in [0.5, 0.6) is 23.1 Å². The van der Waals surface area contributed by atoms with E-state index in [9.17, 15) is 9.59 Å². The van der Waals surface area contributed by atoms with Crippen LogP contribution in [0.1, 0.15) is 28.8 Å². The maximum atomic E-state index is 13.3. The van der Waals surface area contributed by atoms with Gasteiger partial charge in [0, 0.05) is 43.4 Å². The standard InChI is InChI=1S/C38H38N4O5/c1-26-34(20-21-36(43)39-29-12-8-6-9-13-29)38(42(40-26)30-14-10-7-11-15-30)47-31-18-16-28(17-19-31)35(37(44)41(2)3)24-27-22-32(45-4)25-33(23-27)46-5/h6-19,22-25H,20-21H2,1-5H3,(H,39,43). The van der Waals surface area contributed by atoms with Crippen LogP contribution in [0.15, 0.2) is 103 Å². The van der Waals surface area contributed by atoms with E-state index in [0.717, 1.165) is 28.2 Å². The molecule has 0 atom stereocenters. The molecule has 1 aromatic heterocycles. The first kappa shape index (κ1) is 32.6. The number of likely N-dealkylation sites (N-methyl/N-ethyl adjacent to an activating group) is 1. The average molecular weight is 631 g/mol. The first-order valence-corrected chi connectivity index (χ1v) is 15.2. The van der Waals surface area contributed by atoms with Crippen LogP contribution in [0.3, 0.4) is 0 Å². The Morgan fingerprint density at radius 1 is 0.830 bits per heavy atom. The summed E-state index contributed by atoms with van der Waals surface area (Å²) in [5.74, 6) is 2.06. The summed E-state index contributed by atoms with van der Waals surface area (Å²) < 4.78 is 19.1. The summed E-state index contributed by atoms with van der Waals surface area (Å²) in [5.41, 5.74) is 5.14. The van der Waals surface area contributed by atoms with Gasteiger partial charge in [0.15, 0.2) is 0 Å². The number of nitrogens with zero attached hydrogens (tertiary/aromatic N) is 3. The van der Waals surface area contributed by atoms with Crippen molar-refractivity contribution in [3.05, 3.63) is 126 Å². The van der Waals surface area contributed by atoms with Crippen LogP contribution >= 0.6 is 0 Å². The minimum absolute atomic E-state index is 0.100. The molecule has 5 rings (SSSR count). The van der Waals surface area contributed by atoms with Crippen LogP contribution in [0, 0.1) is 6.92 Å². The molecule has 0 radical (unpaired) electrons. The number of ether oxygens (including phenoxy) is 3. The lowest BCUT2D eigenvalue weighted by Gasteiger charge is -2.16. The van der Waals surface area contributed by atoms with E-state index in [4.69, 9.17) is 19.3 Å². The number of benzene rings is 4. The zero-order valence-electron chi connectivity index (χ0n) is 27.2. The van der Waals surface area contributed by atoms with Gasteiger partial charge in [-0.05, 0) is 79.1 Å². The molecule has 9 nitrogen and oxygen atoms in total. The van der Waals surface area contributed by atoms with Gasteiger partial charge in [0.25, 0.3) is 5.91 Å². The van der Waals surface area contributed by atoms with E-state index < -0.39 is 0 Å². The maximum Gasteiger partial charge on any atom is 0.253 e. The molecule has 9 heteroatoms. The number of nitrogens with one attached hydrogen (secondary N) is 1. The SMILES string of the molecule is COc1cc(C=C(C(=O)N(C)C)c2ccc(Oc3c(CCC(=O)Nc4ccccc4)c(C)nn3-c3ccccc3)cc2)cc(OC)c1. The normalized spacial score (nSPS) is 11.1. The Hall–Kier alpha value is -5.83. The van der Waals surface area contributed by atoms with E-state index in [-0.39, 0.29) is 18.2 Å². The van der Waals surface area contributed by atoms with Crippen molar-refractivity contribution in [3.8, 4) is 28.8 Å². The van der Waals surface area contributed by atoms with Crippen LogP contribution in [-0.2, 0) is 16.0 Å². The minimum atomic E-state index is -0.158. The molecule has 1 heterocycles. The lowest BCUT2D eigenvalue weighted by Crippen LogP contribution is -2.22. The summed E-state index contributed by atoms with van der Waals surface area (Å²) in [7, 11) is 6.61. The molecular formula is C38H38N4O5. The zero-order valence-corrected chi connectivity index (χ0v) is 27.2. The number of amides is 2. The highest BCUT2D eigenvalue weighted by atomic mass is 16.5. The third kappa shape index (κ3) is 8.07. The Balaban J connectivity index is 1.45. The molecular weight excluding hydrogens is 592 g/mol. The van der Waals surface area contributed by atoms with Gasteiger partial charge >= 0.3 is 0 Å². The molecule has 0 aliphatic carbocycles. The van der Waals surface area contributed by atoms with Gasteiger partial charge in [0.1, 0.15) is 17.2 Å². The van der Waals surface area contributed by atoms with Crippen LogP contribution in [-0.4, -0.2) is 54.8 Å². The summed E-state index contributed by atoms with van der Waals surface area (Å²) >= 11 is 0. The van der Waals surface area contributed by atoms with Crippen molar-refractivity contribution in [1.29, 1.82) is 0 Å². The third-order valence-corrected chi connectivity index (χ3v) is 7.50. The number of carbonyl (C=O) groups excluding carboxylic acids is 2. The van der Waals surface area contributed by atoms with E-state index in [1.807, 2.05) is 110 Å². The summed E-state index contributed by atoms with van der Waals surface area (Å²) in [6.45, 7) is 1.91. The maximum absolute atomic E-state index is 13.3. The van der Waals surface area contributed by atoms with Gasteiger partial charge in [-0.25, -0.2) is 4.68 Å². The fourth-order valence-electron chi connectivity index (χ4n) is 5.06. The van der Waals surface area contributed by atoms with Gasteiger partial charge in [0.05, 0.1) is 25.6 Å². The van der Waals surface area contributed by atoms with Gasteiger partial charge in [-0.1, -0.05) is 48.5 Å². The molecule has 2 amide bonds. The van der Waals surface area contributed by atoms with Gasteiger partial charge in [-0.15, -0.1) is 0 Å². The Labute approximate surface area is 275 Å². The van der Waals surface area contributed by atoms with Crippen LogP contribution in [0.4, 0.5) is 5.69 Å². The molecule has 1 N–H and O–H groups in total. The highest BCUT2D eigenvalue weighted by Crippen LogP contribution is 2.33. The number of rotatable bonds is 12. The second kappa shape index (κ2) is 15.0. The van der Waals surface area contributed by atoms with Gasteiger partial charge in [-0.2, -0.15) is 5.10 Å². The number of hydrogen-bond acceptors (Lipinski definition) is 6. The number of hydrogen-bond donors (Lipinski definition) is 1. The molecule has 240 valence electrons. The largest absolute Gasteiger partial charge is 0.497 e. The van der Waals surface area contributed by atoms with E-state index >= 15 is 0 Å². The first-order chi connectivity index (χ1) is 22.7. The summed E-state index contributed by atoms with van der Waals surface area (Å²) in [4.78, 5) is 27.7. The summed E-state index contributed by atoms with van der Waals surface area (Å²) in [6, 6.07) is 31.9. The molecule has 47 heavy (non-hydrogen) atoms. The molecule has 0 saturated carbocycles. The van der Waals surface area contributed by atoms with Crippen LogP contribution in [0.25, 0.3) is 17.3 Å². The van der Waals surface area contributed by atoms with Crippen molar-refractivity contribution in [2.24, 2.45) is 0 Å². The predicted octanol–water partition coefficient (Wildman–Crippen LogP) is 7.19. The van der Waals surface area contributed by atoms with Crippen molar-refractivity contribution in [2.45, 2.75) is 19.8 Å². The van der Waals surface area contributed by atoms with E-state index in [2.05, 4.69) is 5.32 Å². The van der Waals surface area contributed by atoms with Crippen LogP contribution in [0.2, 0.25) is 0 Å². The van der Waals surface area contributed by atoms with Crippen LogP contribution < -0.4 is 19.5 Å². The third-order valence-electron chi connectivity index (χ3n) is 7.50. The molecule has 4 aromatic carbocycles. The van der Waals surface area contributed by atoms with Crippen molar-refractivity contribution >= 4 is 29.2 Å². The molecule has 0 saturated heterocycles. The smallest absolute Gasteiger partial charge is 0.253 e.